The SMILES string of the molecule is COc1cccc(C2(CNS(=O)O)CCC(NC(C)c3ccc(-c4ccccc4)cc3)CC2)c1. The molecule has 1 aliphatic carbocycles. The van der Waals surface area contributed by atoms with Gasteiger partial charge in [0.05, 0.1) is 7.11 Å². The molecule has 3 aromatic rings. The largest absolute Gasteiger partial charge is 0.497 e. The van der Waals surface area contributed by atoms with E-state index in [1.165, 1.54) is 16.7 Å². The number of nitrogens with one attached hydrogen (secondary N) is 2. The second-order valence-corrected chi connectivity index (χ2v) is 10.0. The van der Waals surface area contributed by atoms with E-state index in [-0.39, 0.29) is 11.5 Å². The Balaban J connectivity index is 1.41. The summed E-state index contributed by atoms with van der Waals surface area (Å²) in [6.07, 6.45) is 3.87. The maximum absolute atomic E-state index is 11.4. The van der Waals surface area contributed by atoms with Crippen molar-refractivity contribution in [1.29, 1.82) is 0 Å². The van der Waals surface area contributed by atoms with Gasteiger partial charge in [-0.25, -0.2) is 8.93 Å². The van der Waals surface area contributed by atoms with Gasteiger partial charge in [0, 0.05) is 24.0 Å². The van der Waals surface area contributed by atoms with E-state index in [1.54, 1.807) is 7.11 Å². The predicted octanol–water partition coefficient (Wildman–Crippen LogP) is 5.62. The molecule has 2 atom stereocenters. The molecule has 2 unspecified atom stereocenters. The molecule has 0 aliphatic heterocycles. The second-order valence-electron chi connectivity index (χ2n) is 9.23. The molecule has 1 aliphatic rings. The van der Waals surface area contributed by atoms with Crippen LogP contribution in [0.3, 0.4) is 0 Å². The van der Waals surface area contributed by atoms with Crippen LogP contribution in [0.15, 0.2) is 78.9 Å². The zero-order chi connectivity index (χ0) is 24.0. The number of methoxy groups -OCH3 is 1. The third-order valence-corrected chi connectivity index (χ3v) is 7.55. The normalized spacial score (nSPS) is 22.1. The van der Waals surface area contributed by atoms with E-state index >= 15 is 0 Å². The standard InChI is InChI=1S/C28H34N2O3S/c1-21(22-11-13-24(14-12-22)23-7-4-3-5-8-23)30-26-15-17-28(18-16-26,20-29-34(31)32)25-9-6-10-27(19-25)33-2/h3-14,19,21,26,29-30H,15-18,20H2,1-2H3,(H,31,32). The van der Waals surface area contributed by atoms with Crippen molar-refractivity contribution in [2.45, 2.75) is 50.1 Å². The highest BCUT2D eigenvalue weighted by molar-refractivity contribution is 7.77. The first kappa shape index (κ1) is 24.6. The highest BCUT2D eigenvalue weighted by Crippen LogP contribution is 2.40. The molecule has 0 heterocycles. The summed E-state index contributed by atoms with van der Waals surface area (Å²) in [5.74, 6) is 0.815. The highest BCUT2D eigenvalue weighted by Gasteiger charge is 2.37. The maximum atomic E-state index is 11.4. The fourth-order valence-electron chi connectivity index (χ4n) is 5.10. The molecule has 180 valence electrons. The minimum absolute atomic E-state index is 0.189. The minimum atomic E-state index is -2.03. The summed E-state index contributed by atoms with van der Waals surface area (Å²) in [5.41, 5.74) is 4.71. The van der Waals surface area contributed by atoms with E-state index in [9.17, 15) is 8.76 Å². The second kappa shape index (κ2) is 11.3. The molecule has 4 rings (SSSR count). The van der Waals surface area contributed by atoms with E-state index in [4.69, 9.17) is 4.74 Å². The average Bonchev–Trinajstić information content (AvgIpc) is 2.89. The molecule has 0 amide bonds. The lowest BCUT2D eigenvalue weighted by Gasteiger charge is -2.41. The first-order valence-corrected chi connectivity index (χ1v) is 13.0. The monoisotopic (exact) mass is 478 g/mol. The van der Waals surface area contributed by atoms with Crippen molar-refractivity contribution in [3.05, 3.63) is 90.0 Å². The summed E-state index contributed by atoms with van der Waals surface area (Å²) in [6.45, 7) is 2.68. The third kappa shape index (κ3) is 5.94. The van der Waals surface area contributed by atoms with Crippen molar-refractivity contribution in [1.82, 2.24) is 10.0 Å². The van der Waals surface area contributed by atoms with Gasteiger partial charge in [-0.15, -0.1) is 0 Å². The van der Waals surface area contributed by atoms with Crippen LogP contribution in [0, 0.1) is 0 Å². The predicted molar refractivity (Wildman–Crippen MR) is 139 cm³/mol. The molecule has 3 aromatic carbocycles. The zero-order valence-electron chi connectivity index (χ0n) is 19.9. The Kier molecular flexibility index (Phi) is 8.16. The Morgan fingerprint density at radius 3 is 2.32 bits per heavy atom. The van der Waals surface area contributed by atoms with E-state index in [1.807, 2.05) is 18.2 Å². The number of benzene rings is 3. The Bertz CT molecular complexity index is 1080. The van der Waals surface area contributed by atoms with Gasteiger partial charge in [-0.1, -0.05) is 66.7 Å². The molecule has 6 heteroatoms. The molecule has 0 bridgehead atoms. The summed E-state index contributed by atoms with van der Waals surface area (Å²) in [4.78, 5) is 0. The van der Waals surface area contributed by atoms with Gasteiger partial charge >= 0.3 is 0 Å². The van der Waals surface area contributed by atoms with Crippen LogP contribution in [-0.2, 0) is 16.7 Å². The summed E-state index contributed by atoms with van der Waals surface area (Å²) >= 11 is -2.03. The van der Waals surface area contributed by atoms with Crippen molar-refractivity contribution in [3.63, 3.8) is 0 Å². The zero-order valence-corrected chi connectivity index (χ0v) is 20.7. The van der Waals surface area contributed by atoms with Crippen molar-refractivity contribution in [3.8, 4) is 16.9 Å². The van der Waals surface area contributed by atoms with Crippen LogP contribution < -0.4 is 14.8 Å². The maximum Gasteiger partial charge on any atom is 0.231 e. The van der Waals surface area contributed by atoms with Gasteiger partial charge in [0.2, 0.25) is 11.3 Å². The van der Waals surface area contributed by atoms with Crippen LogP contribution in [-0.4, -0.2) is 28.5 Å². The molecule has 0 aromatic heterocycles. The third-order valence-electron chi connectivity index (χ3n) is 7.16. The Morgan fingerprint density at radius 2 is 1.68 bits per heavy atom. The molecule has 34 heavy (non-hydrogen) atoms. The smallest absolute Gasteiger partial charge is 0.231 e. The number of hydrogen-bond acceptors (Lipinski definition) is 3. The number of ether oxygens (including phenoxy) is 1. The Labute approximate surface area is 205 Å². The lowest BCUT2D eigenvalue weighted by atomic mass is 9.68. The van der Waals surface area contributed by atoms with Gasteiger partial charge in [-0.3, -0.25) is 4.55 Å². The lowest BCUT2D eigenvalue weighted by Crippen LogP contribution is -2.46. The van der Waals surface area contributed by atoms with Crippen molar-refractivity contribution in [2.75, 3.05) is 13.7 Å². The van der Waals surface area contributed by atoms with Gasteiger partial charge in [0.1, 0.15) is 5.75 Å². The fourth-order valence-corrected chi connectivity index (χ4v) is 5.50. The van der Waals surface area contributed by atoms with Crippen LogP contribution >= 0.6 is 0 Å². The van der Waals surface area contributed by atoms with Crippen LogP contribution in [0.25, 0.3) is 11.1 Å². The molecule has 1 fully saturated rings. The van der Waals surface area contributed by atoms with Gasteiger partial charge in [-0.05, 0) is 67.0 Å². The molecule has 1 saturated carbocycles. The fraction of sp³-hybridized carbons (Fsp3) is 0.357. The van der Waals surface area contributed by atoms with Crippen LogP contribution in [0.2, 0.25) is 0 Å². The molecule has 0 spiro atoms. The van der Waals surface area contributed by atoms with E-state index < -0.39 is 11.3 Å². The Morgan fingerprint density at radius 1 is 1.00 bits per heavy atom. The molecule has 5 nitrogen and oxygen atoms in total. The average molecular weight is 479 g/mol. The van der Waals surface area contributed by atoms with Gasteiger partial charge in [0.25, 0.3) is 0 Å². The van der Waals surface area contributed by atoms with Crippen molar-refractivity contribution in [2.24, 2.45) is 0 Å². The lowest BCUT2D eigenvalue weighted by molar-refractivity contribution is 0.236. The van der Waals surface area contributed by atoms with Gasteiger partial charge < -0.3 is 10.1 Å². The quantitative estimate of drug-likeness (QED) is 0.349. The van der Waals surface area contributed by atoms with Crippen LogP contribution in [0.5, 0.6) is 5.75 Å². The van der Waals surface area contributed by atoms with E-state index in [2.05, 4.69) is 77.6 Å². The van der Waals surface area contributed by atoms with Gasteiger partial charge in [0.15, 0.2) is 0 Å². The molecule has 0 saturated heterocycles. The molecular weight excluding hydrogens is 444 g/mol. The topological polar surface area (TPSA) is 70.6 Å². The Hall–Kier alpha value is -2.51. The molecule has 0 radical (unpaired) electrons. The van der Waals surface area contributed by atoms with Crippen molar-refractivity contribution < 1.29 is 13.5 Å². The summed E-state index contributed by atoms with van der Waals surface area (Å²) in [7, 11) is 1.67. The summed E-state index contributed by atoms with van der Waals surface area (Å²) < 4.78 is 28.9. The minimum Gasteiger partial charge on any atom is -0.497 e. The number of rotatable bonds is 9. The molecule has 3 N–H and O–H groups in total. The van der Waals surface area contributed by atoms with Crippen LogP contribution in [0.1, 0.15) is 49.8 Å². The van der Waals surface area contributed by atoms with E-state index in [0.717, 1.165) is 37.0 Å². The first-order valence-electron chi connectivity index (χ1n) is 11.9. The van der Waals surface area contributed by atoms with E-state index in [0.29, 0.717) is 12.6 Å². The molecular formula is C28H34N2O3S. The first-order chi connectivity index (χ1) is 16.5. The summed E-state index contributed by atoms with van der Waals surface area (Å²) in [5, 5.41) is 3.82. The van der Waals surface area contributed by atoms with Gasteiger partial charge in [-0.2, -0.15) is 0 Å². The van der Waals surface area contributed by atoms with Crippen molar-refractivity contribution >= 4 is 11.3 Å². The summed E-state index contributed by atoms with van der Waals surface area (Å²) in [6, 6.07) is 28.0. The highest BCUT2D eigenvalue weighted by atomic mass is 32.2. The number of hydrogen-bond donors (Lipinski definition) is 3. The van der Waals surface area contributed by atoms with Crippen LogP contribution in [0.4, 0.5) is 0 Å².